The molecule has 1 aliphatic carbocycles. The van der Waals surface area contributed by atoms with Gasteiger partial charge < -0.3 is 14.9 Å². The topological polar surface area (TPSA) is 59.9 Å². The Morgan fingerprint density at radius 3 is 2.75 bits per heavy atom. The highest BCUT2D eigenvalue weighted by molar-refractivity contribution is 5.93. The number of carbonyl (C=O) groups is 1. The zero-order chi connectivity index (χ0) is 14.8. The van der Waals surface area contributed by atoms with Gasteiger partial charge in [-0.1, -0.05) is 5.16 Å². The number of ether oxygens (including phenoxy) is 1. The minimum absolute atomic E-state index is 0.148. The van der Waals surface area contributed by atoms with Crippen LogP contribution in [0, 0.1) is 11.8 Å². The number of piperidine rings is 1. The summed E-state index contributed by atoms with van der Waals surface area (Å²) in [6.45, 7) is 4.46. The first-order valence-electron chi connectivity index (χ1n) is 6.41. The van der Waals surface area contributed by atoms with Crippen LogP contribution in [0.4, 0.5) is 13.2 Å². The molecular weight excluding hydrogens is 277 g/mol. The maximum atomic E-state index is 12.4. The molecule has 2 heterocycles. The number of nitrogens with zero attached hydrogens (tertiary/aromatic N) is 1. The van der Waals surface area contributed by atoms with Crippen molar-refractivity contribution < 1.29 is 27.5 Å². The number of halogens is 3. The molecule has 0 spiro atoms. The predicted octanol–water partition coefficient (Wildman–Crippen LogP) is 1.23. The van der Waals surface area contributed by atoms with E-state index in [-0.39, 0.29) is 18.4 Å². The summed E-state index contributed by atoms with van der Waals surface area (Å²) in [4.78, 5) is 16.3. The molecule has 0 aromatic heterocycles. The normalized spacial score (nSPS) is 38.0. The minimum Gasteiger partial charge on any atom is -0.450 e. The number of alkyl halides is 3. The second-order valence-corrected chi connectivity index (χ2v) is 6.17. The van der Waals surface area contributed by atoms with Crippen molar-refractivity contribution in [1.82, 2.24) is 5.32 Å². The smallest absolute Gasteiger partial charge is 0.450 e. The van der Waals surface area contributed by atoms with Crippen molar-refractivity contribution >= 4 is 11.7 Å². The fourth-order valence-corrected chi connectivity index (χ4v) is 3.22. The van der Waals surface area contributed by atoms with Crippen LogP contribution in [-0.2, 0) is 14.4 Å². The number of carbonyl (C=O) groups excluding carboxylic acids is 1. The lowest BCUT2D eigenvalue weighted by Gasteiger charge is -2.18. The maximum Gasteiger partial charge on any atom is 0.490 e. The molecule has 2 fully saturated rings. The lowest BCUT2D eigenvalue weighted by Crippen LogP contribution is -2.37. The number of oxime groups is 1. The van der Waals surface area contributed by atoms with Gasteiger partial charge in [0.15, 0.2) is 0 Å². The van der Waals surface area contributed by atoms with Gasteiger partial charge in [0.05, 0.1) is 11.6 Å². The van der Waals surface area contributed by atoms with Crippen LogP contribution in [0.3, 0.4) is 0 Å². The molecule has 2 aliphatic heterocycles. The van der Waals surface area contributed by atoms with Crippen LogP contribution in [0.1, 0.15) is 20.3 Å². The third kappa shape index (κ3) is 1.97. The third-order valence-corrected chi connectivity index (χ3v) is 4.10. The van der Waals surface area contributed by atoms with E-state index in [0.29, 0.717) is 18.7 Å². The van der Waals surface area contributed by atoms with E-state index in [9.17, 15) is 18.0 Å². The molecule has 0 aromatic carbocycles. The molecular formula is C12H15F3N2O3. The molecule has 20 heavy (non-hydrogen) atoms. The molecule has 1 saturated heterocycles. The van der Waals surface area contributed by atoms with Crippen molar-refractivity contribution in [2.45, 2.75) is 37.6 Å². The first-order chi connectivity index (χ1) is 9.16. The number of nitrogens with one attached hydrogen (secondary N) is 1. The van der Waals surface area contributed by atoms with Crippen molar-refractivity contribution in [2.75, 3.05) is 13.1 Å². The van der Waals surface area contributed by atoms with Crippen molar-refractivity contribution in [3.05, 3.63) is 0 Å². The Bertz CT molecular complexity index is 489. The van der Waals surface area contributed by atoms with E-state index in [1.165, 1.54) is 0 Å². The van der Waals surface area contributed by atoms with Gasteiger partial charge in [0.1, 0.15) is 11.2 Å². The molecule has 0 bridgehead atoms. The Labute approximate surface area is 113 Å². The van der Waals surface area contributed by atoms with Gasteiger partial charge >= 0.3 is 12.1 Å². The minimum atomic E-state index is -4.97. The molecule has 0 aromatic rings. The summed E-state index contributed by atoms with van der Waals surface area (Å²) in [6.07, 6.45) is -4.43. The molecule has 0 amide bonds. The van der Waals surface area contributed by atoms with Gasteiger partial charge in [0, 0.05) is 25.4 Å². The highest BCUT2D eigenvalue weighted by Crippen LogP contribution is 2.58. The molecule has 3 atom stereocenters. The van der Waals surface area contributed by atoms with Gasteiger partial charge in [0.2, 0.25) is 0 Å². The number of esters is 1. The fourth-order valence-electron chi connectivity index (χ4n) is 3.22. The fraction of sp³-hybridized carbons (Fsp3) is 0.833. The Hall–Kier alpha value is -1.31. The number of rotatable bonds is 2. The van der Waals surface area contributed by atoms with E-state index < -0.39 is 23.3 Å². The summed E-state index contributed by atoms with van der Waals surface area (Å²) in [5.74, 6) is -2.55. The number of fused-ring (bicyclic) bond motifs is 1. The van der Waals surface area contributed by atoms with Gasteiger partial charge in [-0.15, -0.1) is 0 Å². The van der Waals surface area contributed by atoms with Gasteiger partial charge in [0.25, 0.3) is 0 Å². The van der Waals surface area contributed by atoms with Crippen LogP contribution >= 0.6 is 0 Å². The lowest BCUT2D eigenvalue weighted by molar-refractivity contribution is -0.207. The van der Waals surface area contributed by atoms with Crippen LogP contribution in [0.15, 0.2) is 5.16 Å². The number of hydrogen-bond donors (Lipinski definition) is 1. The van der Waals surface area contributed by atoms with Crippen molar-refractivity contribution in [1.29, 1.82) is 0 Å². The molecule has 1 N–H and O–H groups in total. The highest BCUT2D eigenvalue weighted by atomic mass is 19.4. The first kappa shape index (κ1) is 13.7. The van der Waals surface area contributed by atoms with Crippen molar-refractivity contribution in [3.63, 3.8) is 0 Å². The quantitative estimate of drug-likeness (QED) is 0.778. The largest absolute Gasteiger partial charge is 0.490 e. The van der Waals surface area contributed by atoms with E-state index in [2.05, 4.69) is 10.5 Å². The Morgan fingerprint density at radius 2 is 2.20 bits per heavy atom. The van der Waals surface area contributed by atoms with Gasteiger partial charge in [-0.3, -0.25) is 0 Å². The van der Waals surface area contributed by atoms with Crippen LogP contribution in [-0.4, -0.2) is 42.1 Å². The summed E-state index contributed by atoms with van der Waals surface area (Å²) >= 11 is 0. The maximum absolute atomic E-state index is 12.4. The highest BCUT2D eigenvalue weighted by Gasteiger charge is 2.74. The third-order valence-electron chi connectivity index (χ3n) is 4.10. The Balaban J connectivity index is 1.75. The molecule has 0 radical (unpaired) electrons. The van der Waals surface area contributed by atoms with Crippen molar-refractivity contribution in [3.8, 4) is 0 Å². The SMILES string of the molecule is CC1(C)CC(C2C3CNCC32OC(=O)C(F)(F)F)=NO1. The van der Waals surface area contributed by atoms with Crippen LogP contribution in [0.2, 0.25) is 0 Å². The van der Waals surface area contributed by atoms with Gasteiger partial charge in [-0.25, -0.2) is 4.79 Å². The standard InChI is InChI=1S/C12H15F3N2O3/c1-10(2)3-7(17-20-10)8-6-4-16-5-11(6,8)19-9(18)12(13,14)15/h6,8,16H,3-5H2,1-2H3. The average Bonchev–Trinajstić information content (AvgIpc) is 2.62. The second-order valence-electron chi connectivity index (χ2n) is 6.17. The Morgan fingerprint density at radius 1 is 1.50 bits per heavy atom. The van der Waals surface area contributed by atoms with Crippen molar-refractivity contribution in [2.24, 2.45) is 17.0 Å². The summed E-state index contributed by atoms with van der Waals surface area (Å²) < 4.78 is 41.9. The molecule has 8 heteroatoms. The molecule has 1 saturated carbocycles. The molecule has 3 unspecified atom stereocenters. The number of hydrogen-bond acceptors (Lipinski definition) is 5. The van der Waals surface area contributed by atoms with E-state index >= 15 is 0 Å². The van der Waals surface area contributed by atoms with Crippen LogP contribution in [0.5, 0.6) is 0 Å². The molecule has 112 valence electrons. The zero-order valence-electron chi connectivity index (χ0n) is 11.1. The van der Waals surface area contributed by atoms with Crippen LogP contribution in [0.25, 0.3) is 0 Å². The second kappa shape index (κ2) is 3.87. The molecule has 3 rings (SSSR count). The summed E-state index contributed by atoms with van der Waals surface area (Å²) in [5, 5.41) is 6.92. The van der Waals surface area contributed by atoms with Crippen LogP contribution < -0.4 is 5.32 Å². The monoisotopic (exact) mass is 292 g/mol. The van der Waals surface area contributed by atoms with E-state index in [0.717, 1.165) is 0 Å². The zero-order valence-corrected chi connectivity index (χ0v) is 11.1. The molecule has 5 nitrogen and oxygen atoms in total. The van der Waals surface area contributed by atoms with E-state index in [4.69, 9.17) is 9.57 Å². The first-order valence-corrected chi connectivity index (χ1v) is 6.41. The summed E-state index contributed by atoms with van der Waals surface area (Å²) in [6, 6.07) is 0. The predicted molar refractivity (Wildman–Crippen MR) is 61.9 cm³/mol. The van der Waals surface area contributed by atoms with Gasteiger partial charge in [-0.2, -0.15) is 13.2 Å². The summed E-state index contributed by atoms with van der Waals surface area (Å²) in [7, 11) is 0. The lowest BCUT2D eigenvalue weighted by atomic mass is 9.98. The van der Waals surface area contributed by atoms with E-state index in [1.807, 2.05) is 13.8 Å². The molecule has 3 aliphatic rings. The summed E-state index contributed by atoms with van der Waals surface area (Å²) in [5.41, 5.74) is -0.860. The average molecular weight is 292 g/mol. The Kier molecular flexibility index (Phi) is 2.64. The van der Waals surface area contributed by atoms with E-state index in [1.54, 1.807) is 0 Å². The van der Waals surface area contributed by atoms with Gasteiger partial charge in [-0.05, 0) is 13.8 Å².